The fraction of sp³-hybridized carbons (Fsp3) is 0.522. The van der Waals surface area contributed by atoms with Crippen LogP contribution in [-0.2, 0) is 15.1 Å². The van der Waals surface area contributed by atoms with Crippen LogP contribution in [-0.4, -0.2) is 54.1 Å². The maximum absolute atomic E-state index is 12.9. The van der Waals surface area contributed by atoms with Crippen molar-refractivity contribution < 1.29 is 24.1 Å². The van der Waals surface area contributed by atoms with Crippen molar-refractivity contribution in [1.82, 2.24) is 4.90 Å². The maximum atomic E-state index is 12.9. The smallest absolute Gasteiger partial charge is 0.410 e. The Kier molecular flexibility index (Phi) is 4.95. The van der Waals surface area contributed by atoms with E-state index >= 15 is 0 Å². The van der Waals surface area contributed by atoms with Crippen molar-refractivity contribution in [1.29, 1.82) is 0 Å². The van der Waals surface area contributed by atoms with Crippen LogP contribution in [0.3, 0.4) is 0 Å². The molecule has 0 radical (unpaired) electrons. The molecule has 1 amide bonds. The highest BCUT2D eigenvalue weighted by atomic mass is 16.6. The summed E-state index contributed by atoms with van der Waals surface area (Å²) < 4.78 is 17.0. The Morgan fingerprint density at radius 3 is 2.41 bits per heavy atom. The Hall–Kier alpha value is -2.31. The monoisotopic (exact) mass is 399 g/mol. The second kappa shape index (κ2) is 7.18. The van der Waals surface area contributed by atoms with Gasteiger partial charge in [-0.1, -0.05) is 30.3 Å². The van der Waals surface area contributed by atoms with Gasteiger partial charge in [-0.2, -0.15) is 0 Å². The summed E-state index contributed by atoms with van der Waals surface area (Å²) in [5.74, 6) is 0.663. The maximum Gasteiger partial charge on any atom is 0.410 e. The molecular formula is C23H29NO5. The van der Waals surface area contributed by atoms with Crippen LogP contribution in [0.1, 0.15) is 39.2 Å². The molecule has 2 aromatic rings. The van der Waals surface area contributed by atoms with Gasteiger partial charge in [0.2, 0.25) is 0 Å². The number of carbonyl (C=O) groups excluding carboxylic acids is 1. The Labute approximate surface area is 171 Å². The molecule has 6 nitrogen and oxygen atoms in total. The van der Waals surface area contributed by atoms with Crippen LogP contribution in [0.2, 0.25) is 0 Å². The summed E-state index contributed by atoms with van der Waals surface area (Å²) >= 11 is 0. The Morgan fingerprint density at radius 2 is 1.79 bits per heavy atom. The van der Waals surface area contributed by atoms with Crippen molar-refractivity contribution in [2.75, 3.05) is 20.3 Å². The van der Waals surface area contributed by atoms with E-state index in [0.717, 1.165) is 16.3 Å². The van der Waals surface area contributed by atoms with E-state index in [2.05, 4.69) is 0 Å². The molecule has 2 heterocycles. The molecule has 2 aliphatic rings. The number of fused-ring (bicyclic) bond motifs is 3. The molecule has 2 aliphatic heterocycles. The third kappa shape index (κ3) is 3.67. The number of carbonyl (C=O) groups is 1. The summed E-state index contributed by atoms with van der Waals surface area (Å²) in [4.78, 5) is 14.6. The summed E-state index contributed by atoms with van der Waals surface area (Å²) in [6, 6.07) is 11.4. The van der Waals surface area contributed by atoms with E-state index in [9.17, 15) is 9.90 Å². The van der Waals surface area contributed by atoms with Gasteiger partial charge in [0, 0.05) is 18.4 Å². The summed E-state index contributed by atoms with van der Waals surface area (Å²) in [5, 5.41) is 13.9. The van der Waals surface area contributed by atoms with Crippen LogP contribution in [0.5, 0.6) is 5.75 Å². The first-order chi connectivity index (χ1) is 13.7. The van der Waals surface area contributed by atoms with Crippen LogP contribution in [0.25, 0.3) is 10.8 Å². The predicted molar refractivity (Wildman–Crippen MR) is 110 cm³/mol. The summed E-state index contributed by atoms with van der Waals surface area (Å²) in [6.45, 7) is 6.34. The number of rotatable bonds is 2. The van der Waals surface area contributed by atoms with E-state index in [1.807, 2.05) is 57.2 Å². The van der Waals surface area contributed by atoms with E-state index in [1.165, 1.54) is 0 Å². The highest BCUT2D eigenvalue weighted by Crippen LogP contribution is 2.47. The quantitative estimate of drug-likeness (QED) is 0.831. The van der Waals surface area contributed by atoms with E-state index < -0.39 is 11.2 Å². The topological polar surface area (TPSA) is 68.2 Å². The predicted octanol–water partition coefficient (Wildman–Crippen LogP) is 3.83. The van der Waals surface area contributed by atoms with Crippen molar-refractivity contribution in [2.24, 2.45) is 0 Å². The number of methoxy groups -OCH3 is 1. The third-order valence-corrected chi connectivity index (χ3v) is 5.73. The van der Waals surface area contributed by atoms with E-state index in [0.29, 0.717) is 31.8 Å². The molecule has 0 aliphatic carbocycles. The zero-order valence-corrected chi connectivity index (χ0v) is 17.5. The number of benzene rings is 2. The van der Waals surface area contributed by atoms with Gasteiger partial charge in [-0.05, 0) is 37.6 Å². The number of morpholine rings is 1. The van der Waals surface area contributed by atoms with Crippen molar-refractivity contribution in [2.45, 2.75) is 56.9 Å². The van der Waals surface area contributed by atoms with Crippen LogP contribution in [0.15, 0.2) is 36.4 Å². The average Bonchev–Trinajstić information content (AvgIpc) is 2.64. The standard InChI is InChI=1S/C23H29NO5/c1-22(2,3)29-21(25)24-16-11-23(26,12-17(24)14-28-13-16)20-18-8-6-5-7-15(18)9-10-19(20)27-4/h5-10,16-17,26H,11-14H2,1-4H3. The summed E-state index contributed by atoms with van der Waals surface area (Å²) in [6.07, 6.45) is 0.392. The zero-order valence-electron chi connectivity index (χ0n) is 17.5. The second-order valence-electron chi connectivity index (χ2n) is 9.04. The van der Waals surface area contributed by atoms with Crippen LogP contribution < -0.4 is 4.74 Å². The number of nitrogens with zero attached hydrogens (tertiary/aromatic N) is 1. The molecule has 2 fully saturated rings. The fourth-order valence-electron chi connectivity index (χ4n) is 4.69. The van der Waals surface area contributed by atoms with E-state index in [1.54, 1.807) is 12.0 Å². The molecule has 0 saturated carbocycles. The lowest BCUT2D eigenvalue weighted by Crippen LogP contribution is -2.63. The van der Waals surface area contributed by atoms with Crippen molar-refractivity contribution in [3.63, 3.8) is 0 Å². The number of ether oxygens (including phenoxy) is 3. The van der Waals surface area contributed by atoms with Crippen LogP contribution >= 0.6 is 0 Å². The lowest BCUT2D eigenvalue weighted by atomic mass is 9.75. The van der Waals surface area contributed by atoms with Gasteiger partial charge in [-0.15, -0.1) is 0 Å². The third-order valence-electron chi connectivity index (χ3n) is 5.73. The molecule has 29 heavy (non-hydrogen) atoms. The SMILES string of the molecule is COc1ccc2ccccc2c1C1(O)CC2COCC(C1)N2C(=O)OC(C)(C)C. The van der Waals surface area contributed by atoms with Crippen molar-refractivity contribution in [3.05, 3.63) is 42.0 Å². The average molecular weight is 399 g/mol. The first-order valence-electron chi connectivity index (χ1n) is 10.1. The van der Waals surface area contributed by atoms with Gasteiger partial charge in [0.25, 0.3) is 0 Å². The zero-order chi connectivity index (χ0) is 20.8. The number of hydrogen-bond donors (Lipinski definition) is 1. The van der Waals surface area contributed by atoms with Crippen LogP contribution in [0.4, 0.5) is 4.79 Å². The minimum atomic E-state index is -1.12. The number of hydrogen-bond acceptors (Lipinski definition) is 5. The van der Waals surface area contributed by atoms with Crippen molar-refractivity contribution >= 4 is 16.9 Å². The first-order valence-corrected chi connectivity index (χ1v) is 10.1. The molecule has 2 saturated heterocycles. The lowest BCUT2D eigenvalue weighted by molar-refractivity contribution is -0.141. The molecular weight excluding hydrogens is 370 g/mol. The largest absolute Gasteiger partial charge is 0.496 e. The fourth-order valence-corrected chi connectivity index (χ4v) is 4.69. The van der Waals surface area contributed by atoms with Gasteiger partial charge in [0.15, 0.2) is 0 Å². The van der Waals surface area contributed by atoms with Gasteiger partial charge >= 0.3 is 6.09 Å². The molecule has 2 bridgehead atoms. The molecule has 4 rings (SSSR count). The van der Waals surface area contributed by atoms with Gasteiger partial charge in [-0.3, -0.25) is 4.90 Å². The second-order valence-corrected chi connectivity index (χ2v) is 9.04. The molecule has 2 aromatic carbocycles. The Morgan fingerprint density at radius 1 is 1.14 bits per heavy atom. The number of amides is 1. The Bertz CT molecular complexity index is 905. The van der Waals surface area contributed by atoms with Gasteiger partial charge < -0.3 is 19.3 Å². The summed E-state index contributed by atoms with van der Waals surface area (Å²) in [5.41, 5.74) is -0.901. The molecule has 2 unspecified atom stereocenters. The highest BCUT2D eigenvalue weighted by Gasteiger charge is 2.51. The number of aliphatic hydroxyl groups is 1. The minimum Gasteiger partial charge on any atom is -0.496 e. The highest BCUT2D eigenvalue weighted by molar-refractivity contribution is 5.88. The molecule has 0 aromatic heterocycles. The molecule has 0 spiro atoms. The Balaban J connectivity index is 1.73. The van der Waals surface area contributed by atoms with Gasteiger partial charge in [0.05, 0.1) is 38.0 Å². The van der Waals surface area contributed by atoms with Crippen molar-refractivity contribution in [3.8, 4) is 5.75 Å². The molecule has 156 valence electrons. The normalized spacial score (nSPS) is 27.0. The molecule has 1 N–H and O–H groups in total. The van der Waals surface area contributed by atoms with Gasteiger partial charge in [-0.25, -0.2) is 4.79 Å². The first kappa shape index (κ1) is 20.0. The number of piperidine rings is 1. The lowest BCUT2D eigenvalue weighted by Gasteiger charge is -2.51. The van der Waals surface area contributed by atoms with Gasteiger partial charge in [0.1, 0.15) is 11.4 Å². The summed E-state index contributed by atoms with van der Waals surface area (Å²) in [7, 11) is 1.62. The molecule has 2 atom stereocenters. The minimum absolute atomic E-state index is 0.258. The van der Waals surface area contributed by atoms with E-state index in [4.69, 9.17) is 14.2 Å². The van der Waals surface area contributed by atoms with E-state index in [-0.39, 0.29) is 18.2 Å². The van der Waals surface area contributed by atoms with Crippen LogP contribution in [0, 0.1) is 0 Å². The molecule has 6 heteroatoms.